The van der Waals surface area contributed by atoms with E-state index in [1.807, 2.05) is 0 Å². The van der Waals surface area contributed by atoms with Crippen LogP contribution in [0, 0.1) is 0 Å². The minimum Gasteiger partial charge on any atom is -0.347 e. The van der Waals surface area contributed by atoms with Crippen molar-refractivity contribution >= 4 is 27.8 Å². The molecule has 3 aromatic rings. The Bertz CT molecular complexity index is 1170. The summed E-state index contributed by atoms with van der Waals surface area (Å²) in [7, 11) is 2.18. The van der Waals surface area contributed by atoms with Gasteiger partial charge in [-0.25, -0.2) is 0 Å². The van der Waals surface area contributed by atoms with E-state index >= 15 is 0 Å². The number of hydrogen-bond donors (Lipinski definition) is 0. The van der Waals surface area contributed by atoms with E-state index in [2.05, 4.69) is 128 Å². The maximum Gasteiger partial charge on any atom is 0.121 e. The van der Waals surface area contributed by atoms with E-state index in [-0.39, 0.29) is 11.6 Å². The minimum atomic E-state index is 0.000926. The third-order valence-corrected chi connectivity index (χ3v) is 7.26. The topological polar surface area (TPSA) is 9.72 Å². The van der Waals surface area contributed by atoms with Crippen LogP contribution in [0.4, 0.5) is 17.1 Å². The lowest BCUT2D eigenvalue weighted by atomic mass is 9.84. The molecule has 2 heterocycles. The van der Waals surface area contributed by atoms with E-state index in [1.165, 1.54) is 39.1 Å². The fraction of sp³-hybridized carbons (Fsp3) is 0.310. The highest BCUT2D eigenvalue weighted by atomic mass is 15.4. The molecule has 0 saturated carbocycles. The quantitative estimate of drug-likeness (QED) is 0.462. The lowest BCUT2D eigenvalue weighted by molar-refractivity contribution is 0.640. The summed E-state index contributed by atoms with van der Waals surface area (Å²) < 4.78 is 0. The monoisotopic (exact) mass is 423 g/mol. The van der Waals surface area contributed by atoms with Crippen LogP contribution >= 0.6 is 0 Å². The maximum absolute atomic E-state index is 2.51. The van der Waals surface area contributed by atoms with Gasteiger partial charge < -0.3 is 14.7 Å². The van der Waals surface area contributed by atoms with Gasteiger partial charge in [-0.2, -0.15) is 0 Å². The van der Waals surface area contributed by atoms with Crippen LogP contribution in [0.2, 0.25) is 0 Å². The highest BCUT2D eigenvalue weighted by molar-refractivity contribution is 5.95. The van der Waals surface area contributed by atoms with Gasteiger partial charge in [-0.05, 0) is 60.5 Å². The van der Waals surface area contributed by atoms with Gasteiger partial charge in [0.15, 0.2) is 0 Å². The Kier molecular flexibility index (Phi) is 5.00. The average molecular weight is 424 g/mol. The van der Waals surface area contributed by atoms with Crippen LogP contribution in [0.3, 0.4) is 0 Å². The number of fused-ring (bicyclic) bond motifs is 3. The molecular weight excluding hydrogens is 390 g/mol. The number of hydrogen-bond acceptors (Lipinski definition) is 3. The summed E-state index contributed by atoms with van der Waals surface area (Å²) in [5.41, 5.74) is 6.71. The van der Waals surface area contributed by atoms with E-state index in [0.29, 0.717) is 0 Å². The Hall–Kier alpha value is -3.20. The third-order valence-electron chi connectivity index (χ3n) is 7.26. The van der Waals surface area contributed by atoms with Gasteiger partial charge in [0.2, 0.25) is 0 Å². The molecule has 0 spiro atoms. The van der Waals surface area contributed by atoms with E-state index in [0.717, 1.165) is 13.1 Å². The van der Waals surface area contributed by atoms with Crippen molar-refractivity contribution < 1.29 is 0 Å². The maximum atomic E-state index is 2.51. The average Bonchev–Trinajstić information content (AvgIpc) is 3.20. The predicted molar refractivity (Wildman–Crippen MR) is 139 cm³/mol. The van der Waals surface area contributed by atoms with Gasteiger partial charge >= 0.3 is 0 Å². The predicted octanol–water partition coefficient (Wildman–Crippen LogP) is 6.70. The second-order valence-electron chi connectivity index (χ2n) is 9.31. The molecule has 0 bridgehead atoms. The lowest BCUT2D eigenvalue weighted by Gasteiger charge is -2.29. The minimum absolute atomic E-state index is 0.000926. The van der Waals surface area contributed by atoms with Crippen molar-refractivity contribution in [2.24, 2.45) is 0 Å². The Morgan fingerprint density at radius 2 is 1.38 bits per heavy atom. The molecule has 2 aliphatic heterocycles. The summed E-state index contributed by atoms with van der Waals surface area (Å²) >= 11 is 0. The van der Waals surface area contributed by atoms with Crippen molar-refractivity contribution in [2.45, 2.75) is 39.3 Å². The molecule has 3 aromatic carbocycles. The number of anilines is 3. The van der Waals surface area contributed by atoms with Crippen molar-refractivity contribution in [3.8, 4) is 0 Å². The van der Waals surface area contributed by atoms with Gasteiger partial charge in [0.1, 0.15) is 6.17 Å². The Labute approximate surface area is 192 Å². The Morgan fingerprint density at radius 1 is 0.812 bits per heavy atom. The van der Waals surface area contributed by atoms with Gasteiger partial charge in [-0.1, -0.05) is 62.4 Å². The summed E-state index contributed by atoms with van der Waals surface area (Å²) in [4.78, 5) is 7.36. The largest absolute Gasteiger partial charge is 0.347 e. The van der Waals surface area contributed by atoms with Crippen molar-refractivity contribution in [3.63, 3.8) is 0 Å². The first kappa shape index (κ1) is 20.7. The second-order valence-corrected chi connectivity index (χ2v) is 9.31. The zero-order valence-electron chi connectivity index (χ0n) is 19.8. The molecule has 2 aliphatic rings. The first-order valence-electron chi connectivity index (χ1n) is 11.8. The van der Waals surface area contributed by atoms with Crippen molar-refractivity contribution in [1.29, 1.82) is 0 Å². The smallest absolute Gasteiger partial charge is 0.121 e. The molecule has 0 aromatic heterocycles. The number of allylic oxidation sites excluding steroid dienone is 3. The molecule has 0 saturated heterocycles. The second kappa shape index (κ2) is 7.74. The highest BCUT2D eigenvalue weighted by Gasteiger charge is 2.38. The van der Waals surface area contributed by atoms with Crippen molar-refractivity contribution in [2.75, 3.05) is 34.8 Å². The molecule has 5 rings (SSSR count). The molecule has 0 amide bonds. The highest BCUT2D eigenvalue weighted by Crippen LogP contribution is 2.47. The molecule has 0 radical (unpaired) electrons. The van der Waals surface area contributed by atoms with Crippen LogP contribution in [0.1, 0.15) is 33.3 Å². The molecule has 164 valence electrons. The van der Waals surface area contributed by atoms with Crippen molar-refractivity contribution in [3.05, 3.63) is 90.2 Å². The summed E-state index contributed by atoms with van der Waals surface area (Å²) in [6.45, 7) is 11.1. The summed E-state index contributed by atoms with van der Waals surface area (Å²) in [6, 6.07) is 22.1. The molecule has 0 aliphatic carbocycles. The Balaban J connectivity index is 1.50. The summed E-state index contributed by atoms with van der Waals surface area (Å²) in [6.07, 6.45) is 7.16. The fourth-order valence-electron chi connectivity index (χ4n) is 5.60. The van der Waals surface area contributed by atoms with E-state index in [9.17, 15) is 0 Å². The van der Waals surface area contributed by atoms with Crippen molar-refractivity contribution in [1.82, 2.24) is 0 Å². The summed E-state index contributed by atoms with van der Waals surface area (Å²) in [5.74, 6) is 0. The number of likely N-dealkylation sites (N-methyl/N-ethyl adjacent to an activating group) is 3. The zero-order chi connectivity index (χ0) is 22.5. The summed E-state index contributed by atoms with van der Waals surface area (Å²) in [5, 5.41) is 2.61. The normalized spacial score (nSPS) is 18.9. The molecule has 3 nitrogen and oxygen atoms in total. The van der Waals surface area contributed by atoms with Gasteiger partial charge in [0.25, 0.3) is 0 Å². The van der Waals surface area contributed by atoms with Gasteiger partial charge in [-0.15, -0.1) is 0 Å². The van der Waals surface area contributed by atoms with E-state index < -0.39 is 0 Å². The lowest BCUT2D eigenvalue weighted by Crippen LogP contribution is -2.41. The van der Waals surface area contributed by atoms with Crippen LogP contribution < -0.4 is 14.7 Å². The van der Waals surface area contributed by atoms with Crippen LogP contribution in [-0.4, -0.2) is 26.3 Å². The standard InChI is InChI=1S/C29H33N3/c1-6-31-25-19-21-13-8-9-14-22(21)20-26(25)32(7-2)28(31)18-12-17-27-29(3,4)23-15-10-11-16-24(23)30(27)5/h8-20,28H,6-7H2,1-5H3/b18-12+,27-17-. The fourth-order valence-corrected chi connectivity index (χ4v) is 5.60. The SMILES string of the molecule is CCN1c2cc3ccccc3cc2N(CC)C1/C=C/C=C1\N(C)c2ccccc2C1(C)C. The third kappa shape index (κ3) is 3.02. The first-order chi connectivity index (χ1) is 15.5. The first-order valence-corrected chi connectivity index (χ1v) is 11.8. The van der Waals surface area contributed by atoms with Crippen LogP contribution in [0.5, 0.6) is 0 Å². The van der Waals surface area contributed by atoms with E-state index in [1.54, 1.807) is 0 Å². The molecule has 32 heavy (non-hydrogen) atoms. The molecular formula is C29H33N3. The molecule has 0 atom stereocenters. The van der Waals surface area contributed by atoms with Crippen LogP contribution in [0.15, 0.2) is 84.6 Å². The number of nitrogens with zero attached hydrogens (tertiary/aromatic N) is 3. The molecule has 0 fully saturated rings. The number of para-hydroxylation sites is 1. The zero-order valence-corrected chi connectivity index (χ0v) is 19.8. The Morgan fingerprint density at radius 3 is 1.94 bits per heavy atom. The number of benzene rings is 3. The molecule has 0 N–H and O–H groups in total. The molecule has 0 unspecified atom stereocenters. The van der Waals surface area contributed by atoms with Crippen LogP contribution in [0.25, 0.3) is 10.8 Å². The van der Waals surface area contributed by atoms with Gasteiger partial charge in [0, 0.05) is 36.9 Å². The molecule has 3 heteroatoms. The van der Waals surface area contributed by atoms with Crippen LogP contribution in [-0.2, 0) is 5.41 Å². The van der Waals surface area contributed by atoms with Gasteiger partial charge in [-0.3, -0.25) is 0 Å². The van der Waals surface area contributed by atoms with Gasteiger partial charge in [0.05, 0.1) is 11.4 Å². The number of rotatable bonds is 4. The van der Waals surface area contributed by atoms with E-state index in [4.69, 9.17) is 0 Å².